The second-order valence-electron chi connectivity index (χ2n) is 4.58. The van der Waals surface area contributed by atoms with Crippen molar-refractivity contribution in [3.05, 3.63) is 30.2 Å². The van der Waals surface area contributed by atoms with Gasteiger partial charge in [-0.15, -0.1) is 0 Å². The molecule has 2 aromatic heterocycles. The minimum atomic E-state index is -0.0408. The Morgan fingerprint density at radius 1 is 1.32 bits per heavy atom. The summed E-state index contributed by atoms with van der Waals surface area (Å²) in [6, 6.07) is 3.74. The van der Waals surface area contributed by atoms with Crippen LogP contribution >= 0.6 is 0 Å². The highest BCUT2D eigenvalue weighted by Crippen LogP contribution is 2.25. The molecule has 0 saturated carbocycles. The van der Waals surface area contributed by atoms with E-state index in [0.29, 0.717) is 12.3 Å². The smallest absolute Gasteiger partial charge is 0.260 e. The van der Waals surface area contributed by atoms with E-state index in [0.717, 1.165) is 17.0 Å². The van der Waals surface area contributed by atoms with Gasteiger partial charge >= 0.3 is 0 Å². The molecule has 0 N–H and O–H groups in total. The lowest BCUT2D eigenvalue weighted by Gasteiger charge is -2.12. The quantitative estimate of drug-likeness (QED) is 0.760. The van der Waals surface area contributed by atoms with E-state index in [9.17, 15) is 4.79 Å². The zero-order chi connectivity index (χ0) is 13.4. The molecule has 1 aliphatic rings. The lowest BCUT2D eigenvalue weighted by Crippen LogP contribution is -2.28. The predicted molar refractivity (Wildman–Crippen MR) is 68.4 cm³/mol. The topological polar surface area (TPSA) is 60.3 Å². The Morgan fingerprint density at radius 2 is 2.16 bits per heavy atom. The normalized spacial score (nSPS) is 14.8. The minimum Gasteiger partial charge on any atom is -0.482 e. The number of pyridine rings is 1. The van der Waals surface area contributed by atoms with E-state index < -0.39 is 0 Å². The number of nitrogens with zero attached hydrogens (tertiary/aromatic N) is 4. The van der Waals surface area contributed by atoms with E-state index in [2.05, 4.69) is 10.1 Å². The molecule has 2 aromatic rings. The number of hydrogen-bond acceptors (Lipinski definition) is 4. The average Bonchev–Trinajstić information content (AvgIpc) is 2.77. The number of hydrogen-bond donors (Lipinski definition) is 0. The van der Waals surface area contributed by atoms with Gasteiger partial charge in [-0.1, -0.05) is 0 Å². The van der Waals surface area contributed by atoms with Gasteiger partial charge in [0.25, 0.3) is 5.91 Å². The molecule has 98 valence electrons. The largest absolute Gasteiger partial charge is 0.482 e. The van der Waals surface area contributed by atoms with E-state index in [1.54, 1.807) is 22.8 Å². The Morgan fingerprint density at radius 3 is 2.89 bits per heavy atom. The fourth-order valence-corrected chi connectivity index (χ4v) is 2.01. The third-order valence-electron chi connectivity index (χ3n) is 3.10. The van der Waals surface area contributed by atoms with Crippen molar-refractivity contribution in [1.29, 1.82) is 0 Å². The van der Waals surface area contributed by atoms with Crippen LogP contribution in [0.15, 0.2) is 24.5 Å². The number of likely N-dealkylation sites (N-methyl/N-ethyl adjacent to an activating group) is 1. The van der Waals surface area contributed by atoms with Crippen LogP contribution < -0.4 is 4.74 Å². The molecule has 0 spiro atoms. The molecule has 0 atom stereocenters. The third kappa shape index (κ3) is 2.16. The number of rotatable bonds is 1. The van der Waals surface area contributed by atoms with Gasteiger partial charge in [0, 0.05) is 25.9 Å². The molecule has 0 saturated heterocycles. The minimum absolute atomic E-state index is 0.0408. The molecule has 0 radical (unpaired) electrons. The summed E-state index contributed by atoms with van der Waals surface area (Å²) in [5, 5.41) is 4.13. The standard InChI is InChI=1S/C13H14N4O2/c1-16-7-11-12(19-8-13(16)18)4-3-10(15-11)9-5-14-17(2)6-9/h3-6H,7-8H2,1-2H3. The average molecular weight is 258 g/mol. The summed E-state index contributed by atoms with van der Waals surface area (Å²) >= 11 is 0. The first-order chi connectivity index (χ1) is 9.13. The van der Waals surface area contributed by atoms with E-state index in [1.807, 2.05) is 25.4 Å². The van der Waals surface area contributed by atoms with Crippen LogP contribution in [0.5, 0.6) is 5.75 Å². The van der Waals surface area contributed by atoms with Crippen LogP contribution in [-0.2, 0) is 18.4 Å². The zero-order valence-electron chi connectivity index (χ0n) is 10.8. The first-order valence-electron chi connectivity index (χ1n) is 5.99. The second kappa shape index (κ2) is 4.38. The maximum atomic E-state index is 11.6. The highest BCUT2D eigenvalue weighted by Gasteiger charge is 2.20. The summed E-state index contributed by atoms with van der Waals surface area (Å²) < 4.78 is 7.18. The zero-order valence-corrected chi connectivity index (χ0v) is 10.8. The van der Waals surface area contributed by atoms with Gasteiger partial charge in [0.05, 0.1) is 18.4 Å². The fourth-order valence-electron chi connectivity index (χ4n) is 2.01. The SMILES string of the molecule is CN1Cc2nc(-c3cnn(C)c3)ccc2OCC1=O. The highest BCUT2D eigenvalue weighted by molar-refractivity contribution is 5.78. The molecule has 3 heterocycles. The van der Waals surface area contributed by atoms with Gasteiger partial charge in [0.2, 0.25) is 0 Å². The molecule has 0 unspecified atom stereocenters. The van der Waals surface area contributed by atoms with Crippen LogP contribution in [0.4, 0.5) is 0 Å². The molecule has 0 aromatic carbocycles. The van der Waals surface area contributed by atoms with Gasteiger partial charge < -0.3 is 9.64 Å². The maximum absolute atomic E-state index is 11.6. The summed E-state index contributed by atoms with van der Waals surface area (Å²) in [7, 11) is 3.61. The lowest BCUT2D eigenvalue weighted by molar-refractivity contribution is -0.131. The molecule has 19 heavy (non-hydrogen) atoms. The molecule has 3 rings (SSSR count). The maximum Gasteiger partial charge on any atom is 0.260 e. The molecule has 1 aliphatic heterocycles. The monoisotopic (exact) mass is 258 g/mol. The van der Waals surface area contributed by atoms with Crippen LogP contribution in [0.1, 0.15) is 5.69 Å². The molecule has 6 heteroatoms. The molecule has 0 bridgehead atoms. The molecule has 0 aliphatic carbocycles. The summed E-state index contributed by atoms with van der Waals surface area (Å²) in [6.07, 6.45) is 3.67. The van der Waals surface area contributed by atoms with Crippen molar-refractivity contribution >= 4 is 5.91 Å². The fraction of sp³-hybridized carbons (Fsp3) is 0.308. The Kier molecular flexibility index (Phi) is 2.70. The summed E-state index contributed by atoms with van der Waals surface area (Å²) in [6.45, 7) is 0.527. The number of ether oxygens (including phenoxy) is 1. The first kappa shape index (κ1) is 11.7. The first-order valence-corrected chi connectivity index (χ1v) is 5.99. The second-order valence-corrected chi connectivity index (χ2v) is 4.58. The number of amides is 1. The van der Waals surface area contributed by atoms with Gasteiger partial charge in [0.1, 0.15) is 11.4 Å². The van der Waals surface area contributed by atoms with E-state index in [-0.39, 0.29) is 12.5 Å². The van der Waals surface area contributed by atoms with Crippen molar-refractivity contribution < 1.29 is 9.53 Å². The number of carbonyl (C=O) groups is 1. The Hall–Kier alpha value is -2.37. The van der Waals surface area contributed by atoms with Crippen LogP contribution in [0.3, 0.4) is 0 Å². The van der Waals surface area contributed by atoms with Crippen molar-refractivity contribution in [2.24, 2.45) is 7.05 Å². The molecule has 0 fully saturated rings. The van der Waals surface area contributed by atoms with Gasteiger partial charge in [-0.25, -0.2) is 4.98 Å². The third-order valence-corrected chi connectivity index (χ3v) is 3.10. The van der Waals surface area contributed by atoms with Crippen LogP contribution in [0, 0.1) is 0 Å². The number of carbonyl (C=O) groups excluding carboxylic acids is 1. The summed E-state index contributed by atoms with van der Waals surface area (Å²) in [5.41, 5.74) is 2.55. The Balaban J connectivity index is 1.99. The predicted octanol–water partition coefficient (Wildman–Crippen LogP) is 0.833. The van der Waals surface area contributed by atoms with Gasteiger partial charge in [-0.05, 0) is 12.1 Å². The number of aromatic nitrogens is 3. The van der Waals surface area contributed by atoms with Crippen LogP contribution in [0.25, 0.3) is 11.3 Å². The Bertz CT molecular complexity index is 635. The molecule has 1 amide bonds. The van der Waals surface area contributed by atoms with Gasteiger partial charge in [-0.2, -0.15) is 5.10 Å². The molecular formula is C13H14N4O2. The summed E-state index contributed by atoms with van der Waals surface area (Å²) in [4.78, 5) is 17.8. The lowest BCUT2D eigenvalue weighted by atomic mass is 10.2. The number of fused-ring (bicyclic) bond motifs is 1. The highest BCUT2D eigenvalue weighted by atomic mass is 16.5. The van der Waals surface area contributed by atoms with Gasteiger partial charge in [-0.3, -0.25) is 9.48 Å². The van der Waals surface area contributed by atoms with Crippen molar-refractivity contribution in [1.82, 2.24) is 19.7 Å². The van der Waals surface area contributed by atoms with Crippen LogP contribution in [-0.4, -0.2) is 39.2 Å². The van der Waals surface area contributed by atoms with Crippen LogP contribution in [0.2, 0.25) is 0 Å². The van der Waals surface area contributed by atoms with E-state index in [1.165, 1.54) is 0 Å². The van der Waals surface area contributed by atoms with Crippen molar-refractivity contribution in [3.8, 4) is 17.0 Å². The number of aryl methyl sites for hydroxylation is 1. The van der Waals surface area contributed by atoms with Crippen molar-refractivity contribution in [2.45, 2.75) is 6.54 Å². The molecule has 6 nitrogen and oxygen atoms in total. The Labute approximate surface area is 110 Å². The van der Waals surface area contributed by atoms with Crippen molar-refractivity contribution in [2.75, 3.05) is 13.7 Å². The molecular weight excluding hydrogens is 244 g/mol. The van der Waals surface area contributed by atoms with E-state index >= 15 is 0 Å². The summed E-state index contributed by atoms with van der Waals surface area (Å²) in [5.74, 6) is 0.631. The van der Waals surface area contributed by atoms with Gasteiger partial charge in [0.15, 0.2) is 6.61 Å². The van der Waals surface area contributed by atoms with E-state index in [4.69, 9.17) is 4.74 Å². The van der Waals surface area contributed by atoms with Crippen molar-refractivity contribution in [3.63, 3.8) is 0 Å².